The van der Waals surface area contributed by atoms with E-state index < -0.39 is 11.9 Å². The Balaban J connectivity index is 1.33. The van der Waals surface area contributed by atoms with Gasteiger partial charge in [0.2, 0.25) is 5.91 Å². The van der Waals surface area contributed by atoms with E-state index in [1.165, 1.54) is 17.8 Å². The molecule has 0 heterocycles. The highest BCUT2D eigenvalue weighted by Crippen LogP contribution is 2.29. The largest absolute Gasteiger partial charge is 0.478 e. The third-order valence-corrected chi connectivity index (χ3v) is 7.09. The summed E-state index contributed by atoms with van der Waals surface area (Å²) < 4.78 is 0. The van der Waals surface area contributed by atoms with Crippen molar-refractivity contribution >= 4 is 57.4 Å². The van der Waals surface area contributed by atoms with Crippen LogP contribution in [0, 0.1) is 0 Å². The van der Waals surface area contributed by atoms with E-state index in [2.05, 4.69) is 5.32 Å². The van der Waals surface area contributed by atoms with Gasteiger partial charge in [-0.2, -0.15) is 0 Å². The first-order valence-electron chi connectivity index (χ1n) is 12.2. The topological polar surface area (TPSA) is 86.7 Å². The molecule has 0 saturated carbocycles. The summed E-state index contributed by atoms with van der Waals surface area (Å²) in [6.45, 7) is 0. The standard InChI is InChI=1S/C32H24N2O4S/c35-29(34(24-13-3-1-4-14-24)25-15-5-2-6-16-25)21-39-26-17-9-12-23(20-26)33-31(36)27-18-7-10-22-11-8-19-28(30(22)27)32(37)38/h1-20H,21H2,(H,33,36)(H,37,38). The number of carboxylic acid groups (broad SMARTS) is 1. The maximum atomic E-state index is 13.4. The molecule has 5 aromatic rings. The summed E-state index contributed by atoms with van der Waals surface area (Å²) in [5, 5.41) is 13.6. The van der Waals surface area contributed by atoms with E-state index in [-0.39, 0.29) is 22.8 Å². The fraction of sp³-hybridized carbons (Fsp3) is 0.0312. The zero-order chi connectivity index (χ0) is 27.2. The Kier molecular flexibility index (Phi) is 7.70. The zero-order valence-corrected chi connectivity index (χ0v) is 21.6. The van der Waals surface area contributed by atoms with Gasteiger partial charge in [-0.3, -0.25) is 14.5 Å². The quantitative estimate of drug-likeness (QED) is 0.206. The number of thioether (sulfide) groups is 1. The molecule has 0 aliphatic heterocycles. The Morgan fingerprint density at radius 1 is 0.692 bits per heavy atom. The van der Waals surface area contributed by atoms with Crippen LogP contribution < -0.4 is 10.2 Å². The van der Waals surface area contributed by atoms with Crippen LogP contribution in [0.25, 0.3) is 10.8 Å². The number of aromatic carboxylic acids is 1. The molecule has 6 nitrogen and oxygen atoms in total. The second-order valence-corrected chi connectivity index (χ2v) is 9.73. The fourth-order valence-corrected chi connectivity index (χ4v) is 5.18. The van der Waals surface area contributed by atoms with Crippen LogP contribution in [0.2, 0.25) is 0 Å². The molecule has 0 atom stereocenters. The molecule has 0 saturated heterocycles. The minimum absolute atomic E-state index is 0.0717. The number of benzene rings is 5. The summed E-state index contributed by atoms with van der Waals surface area (Å²) in [6.07, 6.45) is 0. The second-order valence-electron chi connectivity index (χ2n) is 8.69. The molecule has 0 aromatic heterocycles. The highest BCUT2D eigenvalue weighted by molar-refractivity contribution is 8.00. The van der Waals surface area contributed by atoms with Crippen LogP contribution in [0.3, 0.4) is 0 Å². The Hall–Kier alpha value is -4.88. The van der Waals surface area contributed by atoms with Gasteiger partial charge >= 0.3 is 5.97 Å². The SMILES string of the molecule is O=C(O)c1cccc2cccc(C(=O)Nc3cccc(SCC(=O)N(c4ccccc4)c4ccccc4)c3)c12. The molecule has 2 amide bonds. The molecule has 0 aliphatic carbocycles. The van der Waals surface area contributed by atoms with Gasteiger partial charge in [-0.25, -0.2) is 4.79 Å². The van der Waals surface area contributed by atoms with Crippen LogP contribution in [-0.2, 0) is 4.79 Å². The number of nitrogens with one attached hydrogen (secondary N) is 1. The lowest BCUT2D eigenvalue weighted by molar-refractivity contribution is -0.115. The number of fused-ring (bicyclic) bond motifs is 1. The maximum Gasteiger partial charge on any atom is 0.336 e. The molecule has 192 valence electrons. The molecule has 5 aromatic carbocycles. The predicted octanol–water partition coefficient (Wildman–Crippen LogP) is 7.25. The van der Waals surface area contributed by atoms with E-state index in [0.29, 0.717) is 16.5 Å². The summed E-state index contributed by atoms with van der Waals surface area (Å²) in [7, 11) is 0. The average molecular weight is 533 g/mol. The number of hydrogen-bond donors (Lipinski definition) is 2. The van der Waals surface area contributed by atoms with Crippen molar-refractivity contribution in [3.8, 4) is 0 Å². The smallest absolute Gasteiger partial charge is 0.336 e. The lowest BCUT2D eigenvalue weighted by Crippen LogP contribution is -2.27. The minimum Gasteiger partial charge on any atom is -0.478 e. The van der Waals surface area contributed by atoms with Gasteiger partial charge in [-0.15, -0.1) is 11.8 Å². The first-order chi connectivity index (χ1) is 19.0. The van der Waals surface area contributed by atoms with E-state index >= 15 is 0 Å². The molecule has 7 heteroatoms. The van der Waals surface area contributed by atoms with Crippen LogP contribution in [-0.4, -0.2) is 28.6 Å². The Bertz CT molecular complexity index is 1610. The Labute approximate surface area is 229 Å². The number of carboxylic acids is 1. The lowest BCUT2D eigenvalue weighted by atomic mass is 9.98. The summed E-state index contributed by atoms with van der Waals surface area (Å²) in [6, 6.07) is 36.3. The normalized spacial score (nSPS) is 10.7. The molecule has 0 radical (unpaired) electrons. The molecular formula is C32H24N2O4S. The Morgan fingerprint density at radius 2 is 1.28 bits per heavy atom. The van der Waals surface area contributed by atoms with Crippen molar-refractivity contribution in [1.82, 2.24) is 0 Å². The minimum atomic E-state index is -1.09. The third kappa shape index (κ3) is 5.84. The van der Waals surface area contributed by atoms with Gasteiger partial charge in [0.05, 0.1) is 11.3 Å². The molecule has 2 N–H and O–H groups in total. The van der Waals surface area contributed by atoms with Crippen LogP contribution in [0.4, 0.5) is 17.1 Å². The molecule has 39 heavy (non-hydrogen) atoms. The van der Waals surface area contributed by atoms with Gasteiger partial charge in [0.25, 0.3) is 5.91 Å². The molecule has 0 spiro atoms. The number of carbonyl (C=O) groups excluding carboxylic acids is 2. The number of para-hydroxylation sites is 2. The predicted molar refractivity (Wildman–Crippen MR) is 156 cm³/mol. The molecule has 0 unspecified atom stereocenters. The number of carbonyl (C=O) groups is 3. The van der Waals surface area contributed by atoms with Gasteiger partial charge in [-0.1, -0.05) is 66.7 Å². The van der Waals surface area contributed by atoms with Gasteiger partial charge in [0.1, 0.15) is 0 Å². The van der Waals surface area contributed by atoms with Crippen LogP contribution in [0.5, 0.6) is 0 Å². The number of amides is 2. The molecule has 0 bridgehead atoms. The van der Waals surface area contributed by atoms with Crippen molar-refractivity contribution in [2.45, 2.75) is 4.90 Å². The van der Waals surface area contributed by atoms with Gasteiger partial charge < -0.3 is 10.4 Å². The number of rotatable bonds is 8. The zero-order valence-electron chi connectivity index (χ0n) is 20.8. The summed E-state index contributed by atoms with van der Waals surface area (Å²) in [4.78, 5) is 40.9. The van der Waals surface area contributed by atoms with Crippen molar-refractivity contribution in [2.24, 2.45) is 0 Å². The van der Waals surface area contributed by atoms with Gasteiger partial charge in [0.15, 0.2) is 0 Å². The van der Waals surface area contributed by atoms with E-state index in [1.54, 1.807) is 53.4 Å². The van der Waals surface area contributed by atoms with E-state index in [9.17, 15) is 19.5 Å². The Morgan fingerprint density at radius 3 is 1.90 bits per heavy atom. The third-order valence-electron chi connectivity index (χ3n) is 6.11. The van der Waals surface area contributed by atoms with E-state index in [4.69, 9.17) is 0 Å². The lowest BCUT2D eigenvalue weighted by Gasteiger charge is -2.23. The summed E-state index contributed by atoms with van der Waals surface area (Å²) in [5.41, 5.74) is 2.46. The number of anilines is 3. The van der Waals surface area contributed by atoms with Crippen LogP contribution in [0.15, 0.2) is 126 Å². The molecule has 5 rings (SSSR count). The van der Waals surface area contributed by atoms with E-state index in [0.717, 1.165) is 16.3 Å². The van der Waals surface area contributed by atoms with Crippen molar-refractivity contribution in [3.63, 3.8) is 0 Å². The van der Waals surface area contributed by atoms with Gasteiger partial charge in [-0.05, 0) is 60.0 Å². The van der Waals surface area contributed by atoms with E-state index in [1.807, 2.05) is 66.7 Å². The maximum absolute atomic E-state index is 13.4. The van der Waals surface area contributed by atoms with Crippen LogP contribution >= 0.6 is 11.8 Å². The molecule has 0 fully saturated rings. The van der Waals surface area contributed by atoms with Crippen molar-refractivity contribution in [2.75, 3.05) is 16.0 Å². The molecule has 0 aliphatic rings. The highest BCUT2D eigenvalue weighted by atomic mass is 32.2. The van der Waals surface area contributed by atoms with Crippen molar-refractivity contribution in [3.05, 3.63) is 132 Å². The summed E-state index contributed by atoms with van der Waals surface area (Å²) in [5.74, 6) is -1.40. The molecular weight excluding hydrogens is 508 g/mol. The highest BCUT2D eigenvalue weighted by Gasteiger charge is 2.19. The summed E-state index contributed by atoms with van der Waals surface area (Å²) >= 11 is 1.37. The first kappa shape index (κ1) is 25.8. The van der Waals surface area contributed by atoms with Crippen molar-refractivity contribution < 1.29 is 19.5 Å². The average Bonchev–Trinajstić information content (AvgIpc) is 2.97. The monoisotopic (exact) mass is 532 g/mol. The first-order valence-corrected chi connectivity index (χ1v) is 13.2. The van der Waals surface area contributed by atoms with Gasteiger partial charge in [0, 0.05) is 32.9 Å². The number of hydrogen-bond acceptors (Lipinski definition) is 4. The van der Waals surface area contributed by atoms with Crippen molar-refractivity contribution in [1.29, 1.82) is 0 Å². The number of nitrogens with zero attached hydrogens (tertiary/aromatic N) is 1. The fourth-order valence-electron chi connectivity index (χ4n) is 4.37. The second kappa shape index (κ2) is 11.7. The van der Waals surface area contributed by atoms with Crippen LogP contribution in [0.1, 0.15) is 20.7 Å².